The van der Waals surface area contributed by atoms with E-state index in [-0.39, 0.29) is 17.8 Å². The standard InChI is InChI=1S/C14H11ClO3/c15-9-3-1-4-10(7-9)18-14(16)12-8-11(12)13-5-2-6-17-13/h1-7,11-12H,8H2. The molecule has 0 amide bonds. The SMILES string of the molecule is O=C(Oc1cccc(Cl)c1)C1CC1c1ccco1. The minimum atomic E-state index is -0.223. The molecule has 1 saturated carbocycles. The Hall–Kier alpha value is -1.74. The van der Waals surface area contributed by atoms with E-state index in [1.54, 1.807) is 30.5 Å². The molecule has 2 atom stereocenters. The predicted octanol–water partition coefficient (Wildman–Crippen LogP) is 3.64. The van der Waals surface area contributed by atoms with Gasteiger partial charge in [0.15, 0.2) is 0 Å². The van der Waals surface area contributed by atoms with Gasteiger partial charge in [-0.25, -0.2) is 0 Å². The van der Waals surface area contributed by atoms with Crippen LogP contribution < -0.4 is 4.74 Å². The summed E-state index contributed by atoms with van der Waals surface area (Å²) in [7, 11) is 0. The third-order valence-electron chi connectivity index (χ3n) is 3.02. The van der Waals surface area contributed by atoms with Crippen molar-refractivity contribution in [2.24, 2.45) is 5.92 Å². The zero-order valence-corrected chi connectivity index (χ0v) is 10.3. The van der Waals surface area contributed by atoms with Crippen LogP contribution in [0.15, 0.2) is 47.1 Å². The van der Waals surface area contributed by atoms with E-state index in [1.807, 2.05) is 12.1 Å². The van der Waals surface area contributed by atoms with E-state index >= 15 is 0 Å². The molecule has 1 fully saturated rings. The predicted molar refractivity (Wildman–Crippen MR) is 66.6 cm³/mol. The fourth-order valence-corrected chi connectivity index (χ4v) is 2.17. The quantitative estimate of drug-likeness (QED) is 0.626. The third kappa shape index (κ3) is 2.27. The smallest absolute Gasteiger partial charge is 0.315 e. The summed E-state index contributed by atoms with van der Waals surface area (Å²) in [5.41, 5.74) is 0. The molecule has 0 N–H and O–H groups in total. The minimum Gasteiger partial charge on any atom is -0.469 e. The molecule has 1 aromatic heterocycles. The average molecular weight is 263 g/mol. The molecule has 0 bridgehead atoms. The summed E-state index contributed by atoms with van der Waals surface area (Å²) in [5.74, 6) is 1.17. The molecule has 18 heavy (non-hydrogen) atoms. The Morgan fingerprint density at radius 1 is 1.33 bits per heavy atom. The summed E-state index contributed by atoms with van der Waals surface area (Å²) in [6.07, 6.45) is 2.40. The van der Waals surface area contributed by atoms with Crippen molar-refractivity contribution in [3.63, 3.8) is 0 Å². The number of esters is 1. The fourth-order valence-electron chi connectivity index (χ4n) is 1.99. The summed E-state index contributed by atoms with van der Waals surface area (Å²) >= 11 is 5.83. The van der Waals surface area contributed by atoms with E-state index in [4.69, 9.17) is 20.8 Å². The van der Waals surface area contributed by atoms with Crippen molar-refractivity contribution < 1.29 is 13.9 Å². The minimum absolute atomic E-state index is 0.102. The summed E-state index contributed by atoms with van der Waals surface area (Å²) in [5, 5.41) is 0.554. The maximum absolute atomic E-state index is 11.9. The largest absolute Gasteiger partial charge is 0.469 e. The van der Waals surface area contributed by atoms with Crippen LogP contribution in [-0.2, 0) is 4.79 Å². The van der Waals surface area contributed by atoms with Crippen LogP contribution in [-0.4, -0.2) is 5.97 Å². The van der Waals surface area contributed by atoms with Crippen LogP contribution in [0.1, 0.15) is 18.1 Å². The van der Waals surface area contributed by atoms with Crippen molar-refractivity contribution in [2.75, 3.05) is 0 Å². The second-order valence-corrected chi connectivity index (χ2v) is 4.78. The highest BCUT2D eigenvalue weighted by atomic mass is 35.5. The van der Waals surface area contributed by atoms with E-state index in [2.05, 4.69) is 0 Å². The number of halogens is 1. The van der Waals surface area contributed by atoms with E-state index in [0.29, 0.717) is 10.8 Å². The lowest BCUT2D eigenvalue weighted by atomic mass is 10.2. The number of hydrogen-bond acceptors (Lipinski definition) is 3. The van der Waals surface area contributed by atoms with Crippen LogP contribution in [0.5, 0.6) is 5.75 Å². The van der Waals surface area contributed by atoms with Crippen molar-refractivity contribution in [3.8, 4) is 5.75 Å². The Morgan fingerprint density at radius 2 is 2.22 bits per heavy atom. The van der Waals surface area contributed by atoms with E-state index in [1.165, 1.54) is 0 Å². The van der Waals surface area contributed by atoms with Crippen molar-refractivity contribution in [1.82, 2.24) is 0 Å². The van der Waals surface area contributed by atoms with Crippen LogP contribution in [0.25, 0.3) is 0 Å². The van der Waals surface area contributed by atoms with Crippen molar-refractivity contribution in [3.05, 3.63) is 53.4 Å². The van der Waals surface area contributed by atoms with Crippen LogP contribution in [0, 0.1) is 5.92 Å². The van der Waals surface area contributed by atoms with Gasteiger partial charge >= 0.3 is 5.97 Å². The normalized spacial score (nSPS) is 21.6. The van der Waals surface area contributed by atoms with Crippen LogP contribution in [0.3, 0.4) is 0 Å². The van der Waals surface area contributed by atoms with Gasteiger partial charge in [0, 0.05) is 10.9 Å². The number of furan rings is 1. The second-order valence-electron chi connectivity index (χ2n) is 4.34. The number of rotatable bonds is 3. The summed E-state index contributed by atoms with van der Waals surface area (Å²) in [4.78, 5) is 11.9. The fraction of sp³-hybridized carbons (Fsp3) is 0.214. The Labute approximate surface area is 109 Å². The van der Waals surface area contributed by atoms with Gasteiger partial charge in [-0.05, 0) is 36.8 Å². The number of carbonyl (C=O) groups excluding carboxylic acids is 1. The number of carbonyl (C=O) groups is 1. The van der Waals surface area contributed by atoms with Gasteiger partial charge < -0.3 is 9.15 Å². The van der Waals surface area contributed by atoms with Gasteiger partial charge in [-0.2, -0.15) is 0 Å². The molecule has 3 rings (SSSR count). The van der Waals surface area contributed by atoms with Gasteiger partial charge in [-0.15, -0.1) is 0 Å². The maximum Gasteiger partial charge on any atom is 0.315 e. The lowest BCUT2D eigenvalue weighted by Crippen LogP contribution is -2.11. The number of benzene rings is 1. The first-order valence-electron chi connectivity index (χ1n) is 5.75. The highest BCUT2D eigenvalue weighted by Gasteiger charge is 2.47. The topological polar surface area (TPSA) is 39.4 Å². The second kappa shape index (κ2) is 4.50. The lowest BCUT2D eigenvalue weighted by Gasteiger charge is -2.03. The molecule has 0 radical (unpaired) electrons. The van der Waals surface area contributed by atoms with Crippen molar-refractivity contribution >= 4 is 17.6 Å². The Kier molecular flexibility index (Phi) is 2.84. The van der Waals surface area contributed by atoms with Gasteiger partial charge in [0.2, 0.25) is 0 Å². The molecule has 0 spiro atoms. The monoisotopic (exact) mass is 262 g/mol. The van der Waals surface area contributed by atoms with E-state index in [9.17, 15) is 4.79 Å². The van der Waals surface area contributed by atoms with Crippen LogP contribution in [0.2, 0.25) is 5.02 Å². The van der Waals surface area contributed by atoms with Crippen molar-refractivity contribution in [2.45, 2.75) is 12.3 Å². The zero-order valence-electron chi connectivity index (χ0n) is 9.51. The molecule has 2 unspecified atom stereocenters. The highest BCUT2D eigenvalue weighted by molar-refractivity contribution is 6.30. The molecule has 3 nitrogen and oxygen atoms in total. The van der Waals surface area contributed by atoms with Crippen molar-refractivity contribution in [1.29, 1.82) is 0 Å². The highest BCUT2D eigenvalue weighted by Crippen LogP contribution is 2.48. The van der Waals surface area contributed by atoms with Gasteiger partial charge in [0.25, 0.3) is 0 Å². The molecule has 4 heteroatoms. The Morgan fingerprint density at radius 3 is 2.94 bits per heavy atom. The lowest BCUT2D eigenvalue weighted by molar-refractivity contribution is -0.135. The first kappa shape index (κ1) is 11.4. The molecule has 1 aromatic carbocycles. The zero-order chi connectivity index (χ0) is 12.5. The summed E-state index contributed by atoms with van der Waals surface area (Å²) < 4.78 is 10.6. The molecule has 1 aliphatic rings. The molecule has 0 saturated heterocycles. The molecule has 92 valence electrons. The summed E-state index contributed by atoms with van der Waals surface area (Å²) in [6.45, 7) is 0. The Balaban J connectivity index is 1.64. The molecule has 1 heterocycles. The van der Waals surface area contributed by atoms with E-state index < -0.39 is 0 Å². The molecule has 0 aliphatic heterocycles. The van der Waals surface area contributed by atoms with Gasteiger partial charge in [0.1, 0.15) is 11.5 Å². The van der Waals surface area contributed by atoms with Gasteiger partial charge in [-0.1, -0.05) is 17.7 Å². The van der Waals surface area contributed by atoms with Crippen LogP contribution >= 0.6 is 11.6 Å². The summed E-state index contributed by atoms with van der Waals surface area (Å²) in [6, 6.07) is 10.5. The number of ether oxygens (including phenoxy) is 1. The third-order valence-corrected chi connectivity index (χ3v) is 3.25. The number of hydrogen-bond donors (Lipinski definition) is 0. The first-order chi connectivity index (χ1) is 8.74. The molecular formula is C14H11ClO3. The van der Waals surface area contributed by atoms with Gasteiger partial charge in [0.05, 0.1) is 12.2 Å². The molecular weight excluding hydrogens is 252 g/mol. The van der Waals surface area contributed by atoms with E-state index in [0.717, 1.165) is 12.2 Å². The van der Waals surface area contributed by atoms with Gasteiger partial charge in [-0.3, -0.25) is 4.79 Å². The average Bonchev–Trinajstić information content (AvgIpc) is 2.96. The van der Waals surface area contributed by atoms with Crippen LogP contribution in [0.4, 0.5) is 0 Å². The molecule has 1 aliphatic carbocycles. The maximum atomic E-state index is 11.9. The Bertz CT molecular complexity index is 562. The first-order valence-corrected chi connectivity index (χ1v) is 6.12. The molecule has 2 aromatic rings.